The van der Waals surface area contributed by atoms with Gasteiger partial charge in [0.15, 0.2) is 0 Å². The molecule has 4 nitrogen and oxygen atoms in total. The Labute approximate surface area is 118 Å². The summed E-state index contributed by atoms with van der Waals surface area (Å²) in [6.07, 6.45) is 1.64. The normalized spacial score (nSPS) is 10.2. The lowest BCUT2D eigenvalue weighted by Gasteiger charge is -2.11. The molecule has 1 heterocycles. The number of nitrogens with zero attached hydrogens (tertiary/aromatic N) is 1. The molecule has 1 N–H and O–H groups in total. The van der Waals surface area contributed by atoms with Gasteiger partial charge in [-0.15, -0.1) is 0 Å². The number of benzene rings is 1. The summed E-state index contributed by atoms with van der Waals surface area (Å²) in [4.78, 5) is 16.4. The molecule has 0 unspecified atom stereocenters. The fourth-order valence-corrected chi connectivity index (χ4v) is 2.00. The minimum Gasteiger partial charge on any atom is -0.476 e. The summed E-state index contributed by atoms with van der Waals surface area (Å²) >= 11 is 0. The second kappa shape index (κ2) is 6.19. The van der Waals surface area contributed by atoms with Gasteiger partial charge in [-0.05, 0) is 44.5 Å². The van der Waals surface area contributed by atoms with Gasteiger partial charge in [0.2, 0.25) is 5.88 Å². The zero-order valence-corrected chi connectivity index (χ0v) is 11.9. The third-order valence-electron chi connectivity index (χ3n) is 2.93. The molecule has 0 aliphatic rings. The first-order chi connectivity index (χ1) is 9.61. The van der Waals surface area contributed by atoms with Crippen molar-refractivity contribution < 1.29 is 9.53 Å². The number of carbonyl (C=O) groups is 1. The van der Waals surface area contributed by atoms with E-state index >= 15 is 0 Å². The molecule has 2 rings (SSSR count). The lowest BCUT2D eigenvalue weighted by atomic mass is 10.1. The number of rotatable bonds is 4. The van der Waals surface area contributed by atoms with E-state index in [0.29, 0.717) is 23.7 Å². The quantitative estimate of drug-likeness (QED) is 0.927. The smallest absolute Gasteiger partial charge is 0.256 e. The zero-order chi connectivity index (χ0) is 14.5. The monoisotopic (exact) mass is 270 g/mol. The Balaban J connectivity index is 2.23. The van der Waals surface area contributed by atoms with E-state index in [9.17, 15) is 4.79 Å². The number of amides is 1. The van der Waals surface area contributed by atoms with Gasteiger partial charge in [-0.3, -0.25) is 4.79 Å². The molecule has 0 atom stereocenters. The molecular weight excluding hydrogens is 252 g/mol. The maximum Gasteiger partial charge on any atom is 0.256 e. The number of anilines is 1. The highest BCUT2D eigenvalue weighted by Gasteiger charge is 2.12. The van der Waals surface area contributed by atoms with Crippen molar-refractivity contribution in [3.8, 4) is 5.88 Å². The summed E-state index contributed by atoms with van der Waals surface area (Å²) in [5.74, 6) is 0.282. The van der Waals surface area contributed by atoms with Crippen molar-refractivity contribution >= 4 is 11.6 Å². The van der Waals surface area contributed by atoms with Crippen LogP contribution in [0, 0.1) is 13.8 Å². The predicted molar refractivity (Wildman–Crippen MR) is 79.3 cm³/mol. The van der Waals surface area contributed by atoms with Gasteiger partial charge in [0.05, 0.1) is 6.61 Å². The summed E-state index contributed by atoms with van der Waals surface area (Å²) in [6, 6.07) is 9.28. The molecule has 0 aliphatic carbocycles. The first kappa shape index (κ1) is 14.1. The average Bonchev–Trinajstić information content (AvgIpc) is 2.41. The summed E-state index contributed by atoms with van der Waals surface area (Å²) in [6.45, 7) is 6.31. The largest absolute Gasteiger partial charge is 0.476 e. The summed E-state index contributed by atoms with van der Waals surface area (Å²) in [5, 5.41) is 2.85. The van der Waals surface area contributed by atoms with Crippen molar-refractivity contribution in [2.75, 3.05) is 11.9 Å². The van der Waals surface area contributed by atoms with Crippen LogP contribution in [-0.2, 0) is 0 Å². The summed E-state index contributed by atoms with van der Waals surface area (Å²) < 4.78 is 5.40. The molecular formula is C16H18N2O2. The molecule has 2 aromatic rings. The van der Waals surface area contributed by atoms with Crippen molar-refractivity contribution in [2.24, 2.45) is 0 Å². The fraction of sp³-hybridized carbons (Fsp3) is 0.250. The van der Waals surface area contributed by atoms with Crippen molar-refractivity contribution in [3.63, 3.8) is 0 Å². The van der Waals surface area contributed by atoms with E-state index in [1.165, 1.54) is 0 Å². The lowest BCUT2D eigenvalue weighted by molar-refractivity contribution is 0.102. The Hall–Kier alpha value is -2.36. The van der Waals surface area contributed by atoms with Gasteiger partial charge < -0.3 is 10.1 Å². The van der Waals surface area contributed by atoms with Crippen LogP contribution in [0.2, 0.25) is 0 Å². The molecule has 1 amide bonds. The Morgan fingerprint density at radius 3 is 2.80 bits per heavy atom. The molecule has 0 saturated heterocycles. The van der Waals surface area contributed by atoms with E-state index < -0.39 is 0 Å². The maximum atomic E-state index is 12.3. The number of pyridine rings is 1. The lowest BCUT2D eigenvalue weighted by Crippen LogP contribution is -2.14. The number of nitrogens with one attached hydrogen (secondary N) is 1. The molecule has 0 spiro atoms. The number of ether oxygens (including phenoxy) is 1. The van der Waals surface area contributed by atoms with E-state index in [-0.39, 0.29) is 5.91 Å². The number of hydrogen-bond donors (Lipinski definition) is 1. The minimum atomic E-state index is -0.156. The second-order valence-corrected chi connectivity index (χ2v) is 4.56. The van der Waals surface area contributed by atoms with Crippen LogP contribution in [-0.4, -0.2) is 17.5 Å². The maximum absolute atomic E-state index is 12.3. The van der Waals surface area contributed by atoms with Crippen molar-refractivity contribution in [1.82, 2.24) is 4.98 Å². The molecule has 0 bridgehead atoms. The van der Waals surface area contributed by atoms with Gasteiger partial charge in [0.1, 0.15) is 5.69 Å². The van der Waals surface area contributed by atoms with Crippen LogP contribution >= 0.6 is 0 Å². The van der Waals surface area contributed by atoms with Gasteiger partial charge >= 0.3 is 0 Å². The highest BCUT2D eigenvalue weighted by molar-refractivity contribution is 6.05. The minimum absolute atomic E-state index is 0.156. The van der Waals surface area contributed by atoms with Crippen LogP contribution < -0.4 is 10.1 Å². The van der Waals surface area contributed by atoms with E-state index in [4.69, 9.17) is 4.74 Å². The molecule has 0 fully saturated rings. The number of aromatic nitrogens is 1. The van der Waals surface area contributed by atoms with Gasteiger partial charge in [-0.25, -0.2) is 4.98 Å². The number of hydrogen-bond acceptors (Lipinski definition) is 3. The van der Waals surface area contributed by atoms with Crippen LogP contribution in [0.1, 0.15) is 28.4 Å². The van der Waals surface area contributed by atoms with Gasteiger partial charge in [-0.1, -0.05) is 17.7 Å². The average molecular weight is 270 g/mol. The summed E-state index contributed by atoms with van der Waals surface area (Å²) in [7, 11) is 0. The van der Waals surface area contributed by atoms with Crippen LogP contribution in [0.4, 0.5) is 5.69 Å². The Kier molecular flexibility index (Phi) is 4.35. The molecule has 0 aliphatic heterocycles. The number of aryl methyl sites for hydroxylation is 2. The number of carbonyl (C=O) groups excluding carboxylic acids is 1. The standard InChI is InChI=1S/C16H18N2O2/c1-4-20-16-14(6-5-9-17-16)18-15(19)13-8-7-11(2)10-12(13)3/h5-10H,4H2,1-3H3,(H,18,19). The Bertz CT molecular complexity index is 624. The summed E-state index contributed by atoms with van der Waals surface area (Å²) in [5.41, 5.74) is 3.32. The van der Waals surface area contributed by atoms with Crippen LogP contribution in [0.3, 0.4) is 0 Å². The third-order valence-corrected chi connectivity index (χ3v) is 2.93. The van der Waals surface area contributed by atoms with Crippen molar-refractivity contribution in [1.29, 1.82) is 0 Å². The second-order valence-electron chi connectivity index (χ2n) is 4.56. The topological polar surface area (TPSA) is 51.2 Å². The van der Waals surface area contributed by atoms with Gasteiger partial charge in [0, 0.05) is 11.8 Å². The highest BCUT2D eigenvalue weighted by Crippen LogP contribution is 2.22. The predicted octanol–water partition coefficient (Wildman–Crippen LogP) is 3.35. The SMILES string of the molecule is CCOc1ncccc1NC(=O)c1ccc(C)cc1C. The van der Waals surface area contributed by atoms with Crippen LogP contribution in [0.5, 0.6) is 5.88 Å². The molecule has 20 heavy (non-hydrogen) atoms. The Morgan fingerprint density at radius 1 is 1.30 bits per heavy atom. The Morgan fingerprint density at radius 2 is 2.10 bits per heavy atom. The highest BCUT2D eigenvalue weighted by atomic mass is 16.5. The van der Waals surface area contributed by atoms with Crippen LogP contribution in [0.25, 0.3) is 0 Å². The molecule has 0 saturated carbocycles. The van der Waals surface area contributed by atoms with Crippen molar-refractivity contribution in [3.05, 3.63) is 53.2 Å². The van der Waals surface area contributed by atoms with Gasteiger partial charge in [0.25, 0.3) is 5.91 Å². The van der Waals surface area contributed by atoms with Crippen molar-refractivity contribution in [2.45, 2.75) is 20.8 Å². The zero-order valence-electron chi connectivity index (χ0n) is 11.9. The molecule has 4 heteroatoms. The van der Waals surface area contributed by atoms with E-state index in [1.807, 2.05) is 39.0 Å². The first-order valence-electron chi connectivity index (χ1n) is 6.58. The molecule has 104 valence electrons. The molecule has 1 aromatic heterocycles. The fourth-order valence-electron chi connectivity index (χ4n) is 2.00. The van der Waals surface area contributed by atoms with E-state index in [2.05, 4.69) is 10.3 Å². The first-order valence-corrected chi connectivity index (χ1v) is 6.58. The van der Waals surface area contributed by atoms with E-state index in [1.54, 1.807) is 18.3 Å². The third kappa shape index (κ3) is 3.15. The molecule has 0 radical (unpaired) electrons. The van der Waals surface area contributed by atoms with Gasteiger partial charge in [-0.2, -0.15) is 0 Å². The molecule has 1 aromatic carbocycles. The van der Waals surface area contributed by atoms with Crippen LogP contribution in [0.15, 0.2) is 36.5 Å². The van der Waals surface area contributed by atoms with E-state index in [0.717, 1.165) is 11.1 Å².